The quantitative estimate of drug-likeness (QED) is 0.213. The number of nitrogens with zero attached hydrogens (tertiary/aromatic N) is 1. The molecule has 0 aliphatic carbocycles. The lowest BCUT2D eigenvalue weighted by atomic mass is 10.1. The first-order valence-electron chi connectivity index (χ1n) is 5.22. The molecule has 6 nitrogen and oxygen atoms in total. The van der Waals surface area contributed by atoms with E-state index in [9.17, 15) is 9.59 Å². The standard InChI is InChI=1S/C12H13NO5/c1-3-18-12(15)10(13-16)11(14)8-5-4-6-9(7-8)17-2/h4-7,16H,3H2,1-2H3. The normalized spacial score (nSPS) is 10.9. The smallest absolute Gasteiger partial charge is 0.364 e. The van der Waals surface area contributed by atoms with Crippen molar-refractivity contribution in [2.24, 2.45) is 5.16 Å². The molecule has 6 heteroatoms. The van der Waals surface area contributed by atoms with Gasteiger partial charge in [0.2, 0.25) is 11.5 Å². The highest BCUT2D eigenvalue weighted by molar-refractivity contribution is 6.67. The number of benzene rings is 1. The zero-order chi connectivity index (χ0) is 13.5. The monoisotopic (exact) mass is 251 g/mol. The Labute approximate surface area is 104 Å². The predicted octanol–water partition coefficient (Wildman–Crippen LogP) is 1.27. The average Bonchev–Trinajstić information content (AvgIpc) is 2.40. The number of esters is 1. The number of methoxy groups -OCH3 is 1. The van der Waals surface area contributed by atoms with E-state index in [1.54, 1.807) is 19.1 Å². The SMILES string of the molecule is CCOC(=O)C(=NO)C(=O)c1cccc(OC)c1. The molecule has 0 aromatic heterocycles. The third-order valence-corrected chi connectivity index (χ3v) is 2.12. The van der Waals surface area contributed by atoms with Gasteiger partial charge in [-0.3, -0.25) is 4.79 Å². The molecule has 0 aliphatic heterocycles. The predicted molar refractivity (Wildman–Crippen MR) is 63.2 cm³/mol. The third kappa shape index (κ3) is 3.07. The van der Waals surface area contributed by atoms with Gasteiger partial charge in [-0.1, -0.05) is 17.3 Å². The van der Waals surface area contributed by atoms with Gasteiger partial charge in [0.25, 0.3) is 0 Å². The molecule has 18 heavy (non-hydrogen) atoms. The van der Waals surface area contributed by atoms with E-state index in [0.717, 1.165) is 0 Å². The van der Waals surface area contributed by atoms with E-state index in [1.807, 2.05) is 0 Å². The fraction of sp³-hybridized carbons (Fsp3) is 0.250. The van der Waals surface area contributed by atoms with E-state index in [2.05, 4.69) is 9.89 Å². The number of hydrogen-bond donors (Lipinski definition) is 1. The molecular formula is C12H13NO5. The van der Waals surface area contributed by atoms with Crippen LogP contribution in [0.5, 0.6) is 5.75 Å². The lowest BCUT2D eigenvalue weighted by Gasteiger charge is -2.05. The molecule has 0 spiro atoms. The Kier molecular flexibility index (Phi) is 4.86. The molecule has 0 fully saturated rings. The summed E-state index contributed by atoms with van der Waals surface area (Å²) in [5, 5.41) is 11.4. The summed E-state index contributed by atoms with van der Waals surface area (Å²) in [7, 11) is 1.45. The van der Waals surface area contributed by atoms with Gasteiger partial charge in [-0.2, -0.15) is 0 Å². The van der Waals surface area contributed by atoms with Crippen LogP contribution in [-0.4, -0.2) is 36.4 Å². The third-order valence-electron chi connectivity index (χ3n) is 2.12. The van der Waals surface area contributed by atoms with Crippen LogP contribution in [-0.2, 0) is 9.53 Å². The highest BCUT2D eigenvalue weighted by Gasteiger charge is 2.24. The zero-order valence-electron chi connectivity index (χ0n) is 10.0. The van der Waals surface area contributed by atoms with E-state index < -0.39 is 17.5 Å². The maximum atomic E-state index is 11.9. The van der Waals surface area contributed by atoms with Gasteiger partial charge in [0.15, 0.2) is 0 Å². The van der Waals surface area contributed by atoms with Crippen molar-refractivity contribution in [1.29, 1.82) is 0 Å². The number of ketones is 1. The molecule has 0 radical (unpaired) electrons. The first kappa shape index (κ1) is 13.7. The number of carbonyl (C=O) groups is 2. The number of Topliss-reactive ketones (excluding diaryl/α,β-unsaturated/α-hetero) is 1. The van der Waals surface area contributed by atoms with Crippen LogP contribution >= 0.6 is 0 Å². The van der Waals surface area contributed by atoms with Crippen LogP contribution in [0.3, 0.4) is 0 Å². The van der Waals surface area contributed by atoms with Gasteiger partial charge in [0, 0.05) is 5.56 Å². The topological polar surface area (TPSA) is 85.2 Å². The number of carbonyl (C=O) groups excluding carboxylic acids is 2. The Morgan fingerprint density at radius 3 is 2.67 bits per heavy atom. The summed E-state index contributed by atoms with van der Waals surface area (Å²) < 4.78 is 9.57. The Bertz CT molecular complexity index is 481. The zero-order valence-corrected chi connectivity index (χ0v) is 10.0. The van der Waals surface area contributed by atoms with Crippen LogP contribution in [0.15, 0.2) is 29.4 Å². The van der Waals surface area contributed by atoms with Gasteiger partial charge in [-0.15, -0.1) is 0 Å². The van der Waals surface area contributed by atoms with Crippen molar-refractivity contribution in [3.8, 4) is 5.75 Å². The summed E-state index contributed by atoms with van der Waals surface area (Å²) in [6.07, 6.45) is 0. The Morgan fingerprint density at radius 2 is 2.11 bits per heavy atom. The molecule has 1 rings (SSSR count). The second kappa shape index (κ2) is 6.39. The van der Waals surface area contributed by atoms with Gasteiger partial charge in [-0.25, -0.2) is 4.79 Å². The van der Waals surface area contributed by atoms with Crippen molar-refractivity contribution >= 4 is 17.5 Å². The van der Waals surface area contributed by atoms with Crippen LogP contribution in [0.1, 0.15) is 17.3 Å². The molecule has 1 N–H and O–H groups in total. The molecular weight excluding hydrogens is 238 g/mol. The molecule has 0 amide bonds. The summed E-state index contributed by atoms with van der Waals surface area (Å²) in [5.74, 6) is -1.23. The maximum absolute atomic E-state index is 11.9. The number of ether oxygens (including phenoxy) is 2. The summed E-state index contributed by atoms with van der Waals surface area (Å²) >= 11 is 0. The first-order chi connectivity index (χ1) is 8.63. The molecule has 0 unspecified atom stereocenters. The first-order valence-corrected chi connectivity index (χ1v) is 5.22. The summed E-state index contributed by atoms with van der Waals surface area (Å²) in [4.78, 5) is 23.3. The minimum atomic E-state index is -0.965. The Morgan fingerprint density at radius 1 is 1.39 bits per heavy atom. The number of oxime groups is 1. The molecule has 0 saturated carbocycles. The van der Waals surface area contributed by atoms with Crippen LogP contribution in [0.4, 0.5) is 0 Å². The van der Waals surface area contributed by atoms with Crippen molar-refractivity contribution in [1.82, 2.24) is 0 Å². The molecule has 96 valence electrons. The van der Waals surface area contributed by atoms with Crippen LogP contribution in [0.25, 0.3) is 0 Å². The van der Waals surface area contributed by atoms with Crippen molar-refractivity contribution < 1.29 is 24.3 Å². The Balaban J connectivity index is 3.00. The van der Waals surface area contributed by atoms with E-state index >= 15 is 0 Å². The van der Waals surface area contributed by atoms with Gasteiger partial charge < -0.3 is 14.7 Å². The molecule has 0 saturated heterocycles. The van der Waals surface area contributed by atoms with E-state index in [-0.39, 0.29) is 12.2 Å². The maximum Gasteiger partial charge on any atom is 0.364 e. The van der Waals surface area contributed by atoms with Crippen LogP contribution in [0, 0.1) is 0 Å². The lowest BCUT2D eigenvalue weighted by Crippen LogP contribution is -2.26. The minimum absolute atomic E-state index is 0.0866. The van der Waals surface area contributed by atoms with Crippen molar-refractivity contribution in [3.05, 3.63) is 29.8 Å². The molecule has 0 bridgehead atoms. The van der Waals surface area contributed by atoms with E-state index in [1.165, 1.54) is 19.2 Å². The highest BCUT2D eigenvalue weighted by Crippen LogP contribution is 2.13. The fourth-order valence-corrected chi connectivity index (χ4v) is 1.28. The second-order valence-corrected chi connectivity index (χ2v) is 3.23. The van der Waals surface area contributed by atoms with Gasteiger partial charge in [0.1, 0.15) is 5.75 Å². The summed E-state index contributed by atoms with van der Waals surface area (Å²) in [6, 6.07) is 6.16. The van der Waals surface area contributed by atoms with Crippen molar-refractivity contribution in [2.45, 2.75) is 6.92 Å². The second-order valence-electron chi connectivity index (χ2n) is 3.23. The fourth-order valence-electron chi connectivity index (χ4n) is 1.28. The largest absolute Gasteiger partial charge is 0.497 e. The molecule has 1 aromatic rings. The van der Waals surface area contributed by atoms with Crippen LogP contribution in [0.2, 0.25) is 0 Å². The molecule has 1 aromatic carbocycles. The number of hydrogen-bond acceptors (Lipinski definition) is 6. The highest BCUT2D eigenvalue weighted by atomic mass is 16.5. The summed E-state index contributed by atoms with van der Waals surface area (Å²) in [5.41, 5.74) is -0.486. The average molecular weight is 251 g/mol. The Hall–Kier alpha value is -2.37. The van der Waals surface area contributed by atoms with Crippen LogP contribution < -0.4 is 4.74 Å². The van der Waals surface area contributed by atoms with Gasteiger partial charge in [0.05, 0.1) is 13.7 Å². The molecule has 0 atom stereocenters. The van der Waals surface area contributed by atoms with E-state index in [4.69, 9.17) is 9.94 Å². The lowest BCUT2D eigenvalue weighted by molar-refractivity contribution is -0.135. The number of rotatable bonds is 5. The molecule has 0 heterocycles. The van der Waals surface area contributed by atoms with Gasteiger partial charge in [-0.05, 0) is 19.1 Å². The summed E-state index contributed by atoms with van der Waals surface area (Å²) in [6.45, 7) is 1.67. The van der Waals surface area contributed by atoms with Gasteiger partial charge >= 0.3 is 5.97 Å². The van der Waals surface area contributed by atoms with Crippen molar-refractivity contribution in [2.75, 3.05) is 13.7 Å². The molecule has 0 aliphatic rings. The van der Waals surface area contributed by atoms with Crippen molar-refractivity contribution in [3.63, 3.8) is 0 Å². The van der Waals surface area contributed by atoms with E-state index in [0.29, 0.717) is 5.75 Å². The minimum Gasteiger partial charge on any atom is -0.497 e.